The summed E-state index contributed by atoms with van der Waals surface area (Å²) in [6, 6.07) is 17.0. The molecule has 0 radical (unpaired) electrons. The first-order valence-corrected chi connectivity index (χ1v) is 10.3. The highest BCUT2D eigenvalue weighted by atomic mass is 16.5. The summed E-state index contributed by atoms with van der Waals surface area (Å²) in [5.41, 5.74) is 3.76. The van der Waals surface area contributed by atoms with E-state index in [1.807, 2.05) is 23.1 Å². The van der Waals surface area contributed by atoms with Crippen molar-refractivity contribution in [2.75, 3.05) is 44.7 Å². The fourth-order valence-electron chi connectivity index (χ4n) is 4.59. The van der Waals surface area contributed by atoms with Crippen molar-refractivity contribution in [3.05, 3.63) is 59.7 Å². The molecule has 0 spiro atoms. The van der Waals surface area contributed by atoms with E-state index in [9.17, 15) is 4.79 Å². The summed E-state index contributed by atoms with van der Waals surface area (Å²) >= 11 is 0. The second-order valence-electron chi connectivity index (χ2n) is 8.15. The molecule has 5 heteroatoms. The van der Waals surface area contributed by atoms with Crippen molar-refractivity contribution in [1.82, 2.24) is 0 Å². The van der Waals surface area contributed by atoms with Gasteiger partial charge in [0, 0.05) is 17.3 Å². The molecular formula is C23H31N3O2+2. The number of ether oxygens (including phenoxy) is 1. The zero-order valence-electron chi connectivity index (χ0n) is 16.9. The predicted molar refractivity (Wildman–Crippen MR) is 110 cm³/mol. The SMILES string of the molecule is COc1ccc(C[NH+]2CC[NH+](CC(=O)N3c4ccccc4C[C@@H]3C)CC2)cc1. The van der Waals surface area contributed by atoms with Crippen molar-refractivity contribution in [3.8, 4) is 5.75 Å². The Morgan fingerprint density at radius 3 is 2.43 bits per heavy atom. The number of carbonyl (C=O) groups excluding carboxylic acids is 1. The fourth-order valence-corrected chi connectivity index (χ4v) is 4.59. The number of anilines is 1. The number of hydrogen-bond acceptors (Lipinski definition) is 2. The molecule has 2 heterocycles. The topological polar surface area (TPSA) is 38.4 Å². The molecule has 1 atom stereocenters. The molecule has 2 N–H and O–H groups in total. The highest BCUT2D eigenvalue weighted by Gasteiger charge is 2.33. The van der Waals surface area contributed by atoms with Crippen molar-refractivity contribution in [2.45, 2.75) is 25.9 Å². The number of piperazine rings is 1. The predicted octanol–water partition coefficient (Wildman–Crippen LogP) is -0.0436. The summed E-state index contributed by atoms with van der Waals surface area (Å²) in [7, 11) is 1.70. The molecule has 0 aromatic heterocycles. The average molecular weight is 382 g/mol. The summed E-state index contributed by atoms with van der Waals surface area (Å²) in [5.74, 6) is 1.18. The van der Waals surface area contributed by atoms with E-state index in [2.05, 4.69) is 37.3 Å². The Balaban J connectivity index is 1.29. The van der Waals surface area contributed by atoms with Crippen LogP contribution in [-0.2, 0) is 17.8 Å². The van der Waals surface area contributed by atoms with Crippen LogP contribution in [0, 0.1) is 0 Å². The highest BCUT2D eigenvalue weighted by Crippen LogP contribution is 2.31. The van der Waals surface area contributed by atoms with E-state index in [0.717, 1.165) is 50.6 Å². The standard InChI is InChI=1S/C23H29N3O2/c1-18-15-20-5-3-4-6-22(20)26(18)23(27)17-25-13-11-24(12-14-25)16-19-7-9-21(28-2)10-8-19/h3-10,18H,11-17H2,1-2H3/p+2/t18-/m0/s1. The number of quaternary nitrogens is 2. The lowest BCUT2D eigenvalue weighted by Crippen LogP contribution is -3.28. The van der Waals surface area contributed by atoms with Gasteiger partial charge < -0.3 is 19.4 Å². The first-order valence-electron chi connectivity index (χ1n) is 10.3. The molecule has 1 fully saturated rings. The summed E-state index contributed by atoms with van der Waals surface area (Å²) in [6.45, 7) is 8.14. The number of para-hydroxylation sites is 1. The summed E-state index contributed by atoms with van der Waals surface area (Å²) in [5, 5.41) is 0. The van der Waals surface area contributed by atoms with Gasteiger partial charge in [-0.3, -0.25) is 4.79 Å². The number of methoxy groups -OCH3 is 1. The zero-order chi connectivity index (χ0) is 19.5. The van der Waals surface area contributed by atoms with Crippen LogP contribution in [-0.4, -0.2) is 51.8 Å². The first-order chi connectivity index (χ1) is 13.6. The van der Waals surface area contributed by atoms with E-state index in [1.54, 1.807) is 12.0 Å². The van der Waals surface area contributed by atoms with Crippen LogP contribution in [0.2, 0.25) is 0 Å². The zero-order valence-corrected chi connectivity index (χ0v) is 16.9. The Kier molecular flexibility index (Phi) is 5.64. The van der Waals surface area contributed by atoms with E-state index in [1.165, 1.54) is 16.0 Å². The van der Waals surface area contributed by atoms with E-state index < -0.39 is 0 Å². The quantitative estimate of drug-likeness (QED) is 0.763. The van der Waals surface area contributed by atoms with Gasteiger partial charge >= 0.3 is 0 Å². The lowest BCUT2D eigenvalue weighted by atomic mass is 10.1. The van der Waals surface area contributed by atoms with Gasteiger partial charge in [0.15, 0.2) is 6.54 Å². The molecule has 5 nitrogen and oxygen atoms in total. The Bertz CT molecular complexity index is 813. The molecule has 0 bridgehead atoms. The maximum atomic E-state index is 13.0. The largest absolute Gasteiger partial charge is 0.497 e. The van der Waals surface area contributed by atoms with Crippen LogP contribution in [0.5, 0.6) is 5.75 Å². The van der Waals surface area contributed by atoms with Gasteiger partial charge in [0.05, 0.1) is 7.11 Å². The normalized spacial score (nSPS) is 24.1. The monoisotopic (exact) mass is 381 g/mol. The van der Waals surface area contributed by atoms with E-state index in [-0.39, 0.29) is 11.9 Å². The molecule has 2 aromatic rings. The second-order valence-corrected chi connectivity index (χ2v) is 8.15. The molecular weight excluding hydrogens is 350 g/mol. The molecule has 0 unspecified atom stereocenters. The average Bonchev–Trinajstić information content (AvgIpc) is 3.06. The van der Waals surface area contributed by atoms with Crippen molar-refractivity contribution in [3.63, 3.8) is 0 Å². The molecule has 1 saturated heterocycles. The van der Waals surface area contributed by atoms with Crippen molar-refractivity contribution in [2.24, 2.45) is 0 Å². The molecule has 0 aliphatic carbocycles. The molecule has 2 aliphatic heterocycles. The number of carbonyl (C=O) groups is 1. The van der Waals surface area contributed by atoms with Gasteiger partial charge in [-0.1, -0.05) is 18.2 Å². The fraction of sp³-hybridized carbons (Fsp3) is 0.435. The first kappa shape index (κ1) is 19.0. The van der Waals surface area contributed by atoms with Gasteiger partial charge in [0.2, 0.25) is 0 Å². The van der Waals surface area contributed by atoms with Crippen LogP contribution in [0.1, 0.15) is 18.1 Å². The summed E-state index contributed by atoms with van der Waals surface area (Å²) in [4.78, 5) is 18.0. The summed E-state index contributed by atoms with van der Waals surface area (Å²) < 4.78 is 5.24. The molecule has 0 saturated carbocycles. The van der Waals surface area contributed by atoms with Gasteiger partial charge in [-0.05, 0) is 49.2 Å². The number of rotatable bonds is 5. The van der Waals surface area contributed by atoms with E-state index in [4.69, 9.17) is 4.74 Å². The number of nitrogens with zero attached hydrogens (tertiary/aromatic N) is 1. The number of fused-ring (bicyclic) bond motifs is 1. The Morgan fingerprint density at radius 2 is 1.71 bits per heavy atom. The third-order valence-electron chi connectivity index (χ3n) is 6.15. The van der Waals surface area contributed by atoms with Gasteiger partial charge in [-0.25, -0.2) is 0 Å². The number of amides is 1. The van der Waals surface area contributed by atoms with Gasteiger partial charge in [0.1, 0.15) is 38.5 Å². The molecule has 148 valence electrons. The van der Waals surface area contributed by atoms with Crippen LogP contribution in [0.15, 0.2) is 48.5 Å². The number of nitrogens with one attached hydrogen (secondary N) is 2. The molecule has 1 amide bonds. The van der Waals surface area contributed by atoms with Crippen LogP contribution in [0.25, 0.3) is 0 Å². The summed E-state index contributed by atoms with van der Waals surface area (Å²) in [6.07, 6.45) is 0.969. The van der Waals surface area contributed by atoms with E-state index >= 15 is 0 Å². The second kappa shape index (κ2) is 8.33. The van der Waals surface area contributed by atoms with Crippen LogP contribution in [0.4, 0.5) is 5.69 Å². The molecule has 2 aromatic carbocycles. The lowest BCUT2D eigenvalue weighted by molar-refractivity contribution is -1.02. The number of benzene rings is 2. The van der Waals surface area contributed by atoms with Crippen molar-refractivity contribution < 1.29 is 19.3 Å². The van der Waals surface area contributed by atoms with Gasteiger partial charge in [-0.15, -0.1) is 0 Å². The third-order valence-corrected chi connectivity index (χ3v) is 6.15. The highest BCUT2D eigenvalue weighted by molar-refractivity contribution is 5.96. The van der Waals surface area contributed by atoms with Crippen LogP contribution >= 0.6 is 0 Å². The van der Waals surface area contributed by atoms with E-state index in [0.29, 0.717) is 6.54 Å². The minimum absolute atomic E-state index is 0.269. The minimum atomic E-state index is 0.269. The smallest absolute Gasteiger partial charge is 0.282 e. The molecule has 2 aliphatic rings. The van der Waals surface area contributed by atoms with Crippen molar-refractivity contribution in [1.29, 1.82) is 0 Å². The van der Waals surface area contributed by atoms with Gasteiger partial charge in [0.25, 0.3) is 5.91 Å². The molecule has 28 heavy (non-hydrogen) atoms. The Morgan fingerprint density at radius 1 is 1.04 bits per heavy atom. The third kappa shape index (κ3) is 4.05. The van der Waals surface area contributed by atoms with Crippen molar-refractivity contribution >= 4 is 11.6 Å². The molecule has 4 rings (SSSR count). The maximum Gasteiger partial charge on any atom is 0.282 e. The Hall–Kier alpha value is -2.37. The number of hydrogen-bond donors (Lipinski definition) is 2. The van der Waals surface area contributed by atoms with Gasteiger partial charge in [-0.2, -0.15) is 0 Å². The Labute approximate surface area is 167 Å². The minimum Gasteiger partial charge on any atom is -0.497 e. The van der Waals surface area contributed by atoms with Crippen LogP contribution < -0.4 is 19.4 Å². The lowest BCUT2D eigenvalue weighted by Gasteiger charge is -2.31. The maximum absolute atomic E-state index is 13.0. The van der Waals surface area contributed by atoms with Crippen LogP contribution in [0.3, 0.4) is 0 Å².